The minimum atomic E-state index is -1.13. The molecule has 0 spiro atoms. The van der Waals surface area contributed by atoms with Crippen LogP contribution < -0.4 is 5.32 Å². The lowest BCUT2D eigenvalue weighted by Crippen LogP contribution is -2.52. The van der Waals surface area contributed by atoms with Crippen LogP contribution in [0.25, 0.3) is 0 Å². The highest BCUT2D eigenvalue weighted by molar-refractivity contribution is 7.99. The highest BCUT2D eigenvalue weighted by Crippen LogP contribution is 2.15. The van der Waals surface area contributed by atoms with E-state index in [4.69, 9.17) is 5.11 Å². The van der Waals surface area contributed by atoms with Gasteiger partial charge in [0.2, 0.25) is 5.91 Å². The van der Waals surface area contributed by atoms with Crippen LogP contribution >= 0.6 is 11.8 Å². The molecule has 0 radical (unpaired) electrons. The van der Waals surface area contributed by atoms with Crippen LogP contribution in [0.1, 0.15) is 40.0 Å². The molecule has 0 saturated heterocycles. The SMILES string of the molecule is CCCC(C)(NC(=O)CC(C)SC)C(=O)O. The molecule has 0 fully saturated rings. The van der Waals surface area contributed by atoms with Crippen LogP contribution in [-0.4, -0.2) is 34.0 Å². The first-order valence-electron chi connectivity index (χ1n) is 5.43. The Bertz CT molecular complexity index is 258. The van der Waals surface area contributed by atoms with E-state index in [1.807, 2.05) is 20.1 Å². The molecule has 0 aromatic rings. The number of aliphatic carboxylic acids is 1. The predicted octanol–water partition coefficient (Wildman–Crippen LogP) is 1.89. The Morgan fingerprint density at radius 2 is 2.06 bits per heavy atom. The number of carbonyl (C=O) groups excluding carboxylic acids is 1. The van der Waals surface area contributed by atoms with Crippen LogP contribution in [0.2, 0.25) is 0 Å². The molecule has 5 heteroatoms. The average molecular weight is 247 g/mol. The van der Waals surface area contributed by atoms with Crippen molar-refractivity contribution in [3.05, 3.63) is 0 Å². The van der Waals surface area contributed by atoms with E-state index in [0.717, 1.165) is 6.42 Å². The Kier molecular flexibility index (Phi) is 6.48. The minimum Gasteiger partial charge on any atom is -0.480 e. The first-order chi connectivity index (χ1) is 7.35. The molecule has 0 bridgehead atoms. The fourth-order valence-electron chi connectivity index (χ4n) is 1.43. The van der Waals surface area contributed by atoms with Crippen molar-refractivity contribution in [2.45, 2.75) is 50.8 Å². The second-order valence-electron chi connectivity index (χ2n) is 4.19. The Morgan fingerprint density at radius 1 is 1.50 bits per heavy atom. The fourth-order valence-corrected chi connectivity index (χ4v) is 1.74. The average Bonchev–Trinajstić information content (AvgIpc) is 2.17. The fraction of sp³-hybridized carbons (Fsp3) is 0.818. The Morgan fingerprint density at radius 3 is 2.44 bits per heavy atom. The van der Waals surface area contributed by atoms with E-state index in [1.165, 1.54) is 0 Å². The molecule has 2 N–H and O–H groups in total. The molecular formula is C11H21NO3S. The molecule has 2 unspecified atom stereocenters. The van der Waals surface area contributed by atoms with E-state index in [9.17, 15) is 9.59 Å². The van der Waals surface area contributed by atoms with Crippen LogP contribution in [-0.2, 0) is 9.59 Å². The van der Waals surface area contributed by atoms with Crippen molar-refractivity contribution in [2.75, 3.05) is 6.26 Å². The van der Waals surface area contributed by atoms with Gasteiger partial charge in [0.05, 0.1) is 0 Å². The summed E-state index contributed by atoms with van der Waals surface area (Å²) in [5, 5.41) is 11.9. The normalized spacial score (nSPS) is 16.2. The number of nitrogens with one attached hydrogen (secondary N) is 1. The molecule has 2 atom stereocenters. The number of thioether (sulfide) groups is 1. The molecule has 16 heavy (non-hydrogen) atoms. The van der Waals surface area contributed by atoms with Crippen molar-refractivity contribution < 1.29 is 14.7 Å². The molecule has 0 aliphatic rings. The lowest BCUT2D eigenvalue weighted by molar-refractivity contribution is -0.147. The highest BCUT2D eigenvalue weighted by Gasteiger charge is 2.33. The van der Waals surface area contributed by atoms with E-state index < -0.39 is 11.5 Å². The van der Waals surface area contributed by atoms with Crippen molar-refractivity contribution in [1.29, 1.82) is 0 Å². The summed E-state index contributed by atoms with van der Waals surface area (Å²) in [5.74, 6) is -1.17. The first kappa shape index (κ1) is 15.3. The molecular weight excluding hydrogens is 226 g/mol. The van der Waals surface area contributed by atoms with Gasteiger partial charge < -0.3 is 10.4 Å². The molecule has 0 rings (SSSR count). The van der Waals surface area contributed by atoms with Crippen molar-refractivity contribution in [3.63, 3.8) is 0 Å². The van der Waals surface area contributed by atoms with Gasteiger partial charge in [-0.2, -0.15) is 11.8 Å². The Balaban J connectivity index is 4.41. The lowest BCUT2D eigenvalue weighted by atomic mass is 9.96. The van der Waals surface area contributed by atoms with Gasteiger partial charge in [0.25, 0.3) is 0 Å². The number of carboxylic acids is 1. The van der Waals surface area contributed by atoms with Crippen LogP contribution in [0.4, 0.5) is 0 Å². The van der Waals surface area contributed by atoms with Crippen molar-refractivity contribution in [2.24, 2.45) is 0 Å². The maximum atomic E-state index is 11.6. The number of carboxylic acid groups (broad SMARTS) is 1. The quantitative estimate of drug-likeness (QED) is 0.721. The third-order valence-electron chi connectivity index (χ3n) is 2.51. The number of rotatable bonds is 7. The Labute approximate surface area is 101 Å². The largest absolute Gasteiger partial charge is 0.480 e. The van der Waals surface area contributed by atoms with Crippen LogP contribution in [0.15, 0.2) is 0 Å². The molecule has 0 aromatic carbocycles. The number of hydrogen-bond acceptors (Lipinski definition) is 3. The smallest absolute Gasteiger partial charge is 0.329 e. The topological polar surface area (TPSA) is 66.4 Å². The zero-order chi connectivity index (χ0) is 12.8. The summed E-state index contributed by atoms with van der Waals surface area (Å²) in [4.78, 5) is 22.7. The molecule has 0 aliphatic carbocycles. The zero-order valence-corrected chi connectivity index (χ0v) is 11.2. The van der Waals surface area contributed by atoms with Crippen LogP contribution in [0, 0.1) is 0 Å². The van der Waals surface area contributed by atoms with Crippen molar-refractivity contribution >= 4 is 23.6 Å². The number of amides is 1. The van der Waals surface area contributed by atoms with Gasteiger partial charge in [0, 0.05) is 11.7 Å². The summed E-state index contributed by atoms with van der Waals surface area (Å²) in [6, 6.07) is 0. The zero-order valence-electron chi connectivity index (χ0n) is 10.4. The molecule has 0 aromatic heterocycles. The van der Waals surface area contributed by atoms with Gasteiger partial charge >= 0.3 is 5.97 Å². The summed E-state index contributed by atoms with van der Waals surface area (Å²) in [6.45, 7) is 5.40. The summed E-state index contributed by atoms with van der Waals surface area (Å²) < 4.78 is 0. The third-order valence-corrected chi connectivity index (χ3v) is 3.48. The van der Waals surface area contributed by atoms with E-state index in [0.29, 0.717) is 12.8 Å². The van der Waals surface area contributed by atoms with E-state index in [2.05, 4.69) is 5.32 Å². The summed E-state index contributed by atoms with van der Waals surface area (Å²) in [7, 11) is 0. The first-order valence-corrected chi connectivity index (χ1v) is 6.71. The van der Waals surface area contributed by atoms with Gasteiger partial charge in [0.15, 0.2) is 0 Å². The van der Waals surface area contributed by atoms with Gasteiger partial charge in [-0.3, -0.25) is 4.79 Å². The maximum Gasteiger partial charge on any atom is 0.329 e. The lowest BCUT2D eigenvalue weighted by Gasteiger charge is -2.26. The monoisotopic (exact) mass is 247 g/mol. The van der Waals surface area contributed by atoms with Crippen molar-refractivity contribution in [3.8, 4) is 0 Å². The maximum absolute atomic E-state index is 11.6. The summed E-state index contributed by atoms with van der Waals surface area (Å²) in [5.41, 5.74) is -1.13. The number of hydrogen-bond donors (Lipinski definition) is 2. The molecule has 0 heterocycles. The highest BCUT2D eigenvalue weighted by atomic mass is 32.2. The summed E-state index contributed by atoms with van der Waals surface area (Å²) >= 11 is 1.59. The van der Waals surface area contributed by atoms with Gasteiger partial charge in [0.1, 0.15) is 5.54 Å². The second kappa shape index (κ2) is 6.78. The summed E-state index contributed by atoms with van der Waals surface area (Å²) in [6.07, 6.45) is 3.46. The third kappa shape index (κ3) is 4.88. The Hall–Kier alpha value is -0.710. The van der Waals surface area contributed by atoms with Crippen LogP contribution in [0.3, 0.4) is 0 Å². The molecule has 0 saturated carbocycles. The standard InChI is InChI=1S/C11H21NO3S/c1-5-6-11(3,10(14)15)12-9(13)7-8(2)16-4/h8H,5-7H2,1-4H3,(H,12,13)(H,14,15). The van der Waals surface area contributed by atoms with Gasteiger partial charge in [-0.15, -0.1) is 0 Å². The molecule has 94 valence electrons. The van der Waals surface area contributed by atoms with Gasteiger partial charge in [-0.1, -0.05) is 20.3 Å². The van der Waals surface area contributed by atoms with Crippen molar-refractivity contribution in [1.82, 2.24) is 5.32 Å². The number of carbonyl (C=O) groups is 2. The molecule has 0 aliphatic heterocycles. The minimum absolute atomic E-state index is 0.194. The van der Waals surface area contributed by atoms with Gasteiger partial charge in [-0.25, -0.2) is 4.79 Å². The molecule has 1 amide bonds. The van der Waals surface area contributed by atoms with E-state index in [1.54, 1.807) is 18.7 Å². The van der Waals surface area contributed by atoms with E-state index >= 15 is 0 Å². The second-order valence-corrected chi connectivity index (χ2v) is 5.46. The van der Waals surface area contributed by atoms with Gasteiger partial charge in [-0.05, 0) is 19.6 Å². The predicted molar refractivity (Wildman–Crippen MR) is 66.7 cm³/mol. The van der Waals surface area contributed by atoms with E-state index in [-0.39, 0.29) is 11.2 Å². The van der Waals surface area contributed by atoms with Crippen LogP contribution in [0.5, 0.6) is 0 Å². The molecule has 4 nitrogen and oxygen atoms in total.